The molecule has 8 heteroatoms. The van der Waals surface area contributed by atoms with Crippen molar-refractivity contribution in [3.8, 4) is 0 Å². The van der Waals surface area contributed by atoms with Gasteiger partial charge >= 0.3 is 0 Å². The molecular weight excluding hydrogens is 407 g/mol. The number of alkyl halides is 1. The van der Waals surface area contributed by atoms with Crippen molar-refractivity contribution in [3.63, 3.8) is 0 Å². The number of aliphatic imine (C=N–C) groups is 1. The lowest BCUT2D eigenvalue weighted by Crippen LogP contribution is -2.49. The standard InChI is InChI=1S/C24H41FN6O/c1-16(2)28-13-18(4)20-11-21(24(7,8)25)30-31(20)15-23(5,6)29-22(32)17(3)10-19(12-26)14-27-9/h11-13,17,27H,10,14-15,26H2,1-9H3,(H,29,32)/b18-13+,19-12-. The lowest BCUT2D eigenvalue weighted by atomic mass is 9.98. The Kier molecular flexibility index (Phi) is 9.82. The van der Waals surface area contributed by atoms with Crippen molar-refractivity contribution in [2.75, 3.05) is 13.6 Å². The van der Waals surface area contributed by atoms with E-state index in [1.54, 1.807) is 23.1 Å². The molecular formula is C24H41FN6O. The largest absolute Gasteiger partial charge is 0.405 e. The summed E-state index contributed by atoms with van der Waals surface area (Å²) in [5.74, 6) is -0.304. The number of hydrogen-bond acceptors (Lipinski definition) is 5. The first-order valence-corrected chi connectivity index (χ1v) is 11.0. The molecule has 0 aromatic carbocycles. The summed E-state index contributed by atoms with van der Waals surface area (Å²) < 4.78 is 16.4. The molecule has 1 unspecified atom stereocenters. The first-order chi connectivity index (χ1) is 14.7. The summed E-state index contributed by atoms with van der Waals surface area (Å²) in [5, 5.41) is 10.7. The molecule has 1 amide bonds. The van der Waals surface area contributed by atoms with Gasteiger partial charge in [0.25, 0.3) is 0 Å². The SMILES string of the molecule is CNC/C(=C\N)CC(C)C(=O)NC(C)(C)Cn1nc(C(C)(C)F)cc1/C(C)=C/N=C(C)C. The van der Waals surface area contributed by atoms with E-state index in [4.69, 9.17) is 5.73 Å². The molecule has 1 aromatic rings. The number of amides is 1. The Morgan fingerprint density at radius 3 is 2.44 bits per heavy atom. The van der Waals surface area contributed by atoms with E-state index in [-0.39, 0.29) is 11.8 Å². The van der Waals surface area contributed by atoms with Crippen molar-refractivity contribution in [2.45, 2.75) is 79.6 Å². The molecule has 180 valence electrons. The van der Waals surface area contributed by atoms with Gasteiger partial charge in [0.1, 0.15) is 5.67 Å². The van der Waals surface area contributed by atoms with Crippen LogP contribution < -0.4 is 16.4 Å². The van der Waals surface area contributed by atoms with Crippen LogP contribution >= 0.6 is 0 Å². The third kappa shape index (κ3) is 8.57. The quantitative estimate of drug-likeness (QED) is 0.447. The molecule has 4 N–H and O–H groups in total. The van der Waals surface area contributed by atoms with E-state index in [1.165, 1.54) is 13.8 Å². The van der Waals surface area contributed by atoms with E-state index in [9.17, 15) is 9.18 Å². The maximum Gasteiger partial charge on any atom is 0.223 e. The molecule has 1 rings (SSSR count). The first kappa shape index (κ1) is 27.6. The summed E-state index contributed by atoms with van der Waals surface area (Å²) in [6.45, 7) is 15.5. The first-order valence-electron chi connectivity index (χ1n) is 11.0. The molecule has 1 aromatic heterocycles. The summed E-state index contributed by atoms with van der Waals surface area (Å²) in [7, 11) is 1.84. The molecule has 0 aliphatic carbocycles. The topological polar surface area (TPSA) is 97.3 Å². The highest BCUT2D eigenvalue weighted by atomic mass is 19.1. The maximum atomic E-state index is 14.6. The van der Waals surface area contributed by atoms with Crippen LogP contribution in [-0.4, -0.2) is 40.5 Å². The van der Waals surface area contributed by atoms with Gasteiger partial charge in [-0.1, -0.05) is 6.92 Å². The van der Waals surface area contributed by atoms with Gasteiger partial charge in [-0.3, -0.25) is 14.5 Å². The molecule has 0 aliphatic heterocycles. The predicted octanol–water partition coefficient (Wildman–Crippen LogP) is 3.91. The number of rotatable bonds is 11. The van der Waals surface area contributed by atoms with Crippen molar-refractivity contribution < 1.29 is 9.18 Å². The highest BCUT2D eigenvalue weighted by molar-refractivity contribution is 5.80. The van der Waals surface area contributed by atoms with E-state index in [2.05, 4.69) is 20.7 Å². The number of carbonyl (C=O) groups excluding carboxylic acids is 1. The third-order valence-electron chi connectivity index (χ3n) is 4.97. The Bertz CT molecular complexity index is 870. The fraction of sp³-hybridized carbons (Fsp3) is 0.625. The molecule has 0 fully saturated rings. The Labute approximate surface area is 192 Å². The minimum Gasteiger partial charge on any atom is -0.405 e. The summed E-state index contributed by atoms with van der Waals surface area (Å²) >= 11 is 0. The number of nitrogens with one attached hydrogen (secondary N) is 2. The average molecular weight is 449 g/mol. The number of halogens is 1. The van der Waals surface area contributed by atoms with Crippen LogP contribution in [0.5, 0.6) is 0 Å². The highest BCUT2D eigenvalue weighted by Gasteiger charge is 2.29. The van der Waals surface area contributed by atoms with Gasteiger partial charge in [0, 0.05) is 24.4 Å². The fourth-order valence-corrected chi connectivity index (χ4v) is 3.22. The van der Waals surface area contributed by atoms with Crippen LogP contribution in [0.4, 0.5) is 4.39 Å². The molecule has 1 heterocycles. The lowest BCUT2D eigenvalue weighted by Gasteiger charge is -2.29. The van der Waals surface area contributed by atoms with Gasteiger partial charge in [0.15, 0.2) is 0 Å². The Morgan fingerprint density at radius 2 is 1.94 bits per heavy atom. The Hall–Kier alpha value is -2.48. The summed E-state index contributed by atoms with van der Waals surface area (Å²) in [6.07, 6.45) is 3.88. The Balaban J connectivity index is 3.12. The van der Waals surface area contributed by atoms with E-state index in [0.717, 1.165) is 22.6 Å². The van der Waals surface area contributed by atoms with Crippen LogP contribution in [0.25, 0.3) is 5.57 Å². The van der Waals surface area contributed by atoms with Gasteiger partial charge in [-0.2, -0.15) is 5.10 Å². The number of likely N-dealkylation sites (N-methyl/N-ethyl adjacent to an activating group) is 1. The van der Waals surface area contributed by atoms with Crippen LogP contribution in [0.2, 0.25) is 0 Å². The number of nitrogens with two attached hydrogens (primary N) is 1. The zero-order valence-corrected chi connectivity index (χ0v) is 21.1. The monoisotopic (exact) mass is 448 g/mol. The van der Waals surface area contributed by atoms with Crippen molar-refractivity contribution >= 4 is 17.2 Å². The van der Waals surface area contributed by atoms with Gasteiger partial charge in [0.2, 0.25) is 5.91 Å². The van der Waals surface area contributed by atoms with Crippen molar-refractivity contribution in [1.29, 1.82) is 0 Å². The minimum absolute atomic E-state index is 0.0660. The molecule has 1 atom stereocenters. The van der Waals surface area contributed by atoms with Crippen molar-refractivity contribution in [2.24, 2.45) is 16.6 Å². The normalized spacial score (nSPS) is 14.3. The van der Waals surface area contributed by atoms with Crippen molar-refractivity contribution in [3.05, 3.63) is 35.4 Å². The molecule has 0 radical (unpaired) electrons. The number of hydrogen-bond donors (Lipinski definition) is 3. The van der Waals surface area contributed by atoms with Crippen LogP contribution in [0.1, 0.15) is 73.2 Å². The van der Waals surface area contributed by atoms with E-state index < -0.39 is 11.2 Å². The number of allylic oxidation sites excluding steroid dienone is 1. The summed E-state index contributed by atoms with van der Waals surface area (Å²) in [5.41, 5.74) is 7.37. The number of nitrogens with zero attached hydrogens (tertiary/aromatic N) is 3. The lowest BCUT2D eigenvalue weighted by molar-refractivity contribution is -0.126. The zero-order valence-electron chi connectivity index (χ0n) is 21.1. The van der Waals surface area contributed by atoms with Gasteiger partial charge in [0.05, 0.1) is 23.5 Å². The molecule has 32 heavy (non-hydrogen) atoms. The second-order valence-corrected chi connectivity index (χ2v) is 9.77. The second-order valence-electron chi connectivity index (χ2n) is 9.77. The number of carbonyl (C=O) groups is 1. The molecule has 7 nitrogen and oxygen atoms in total. The maximum absolute atomic E-state index is 14.6. The third-order valence-corrected chi connectivity index (χ3v) is 4.97. The number of aromatic nitrogens is 2. The Morgan fingerprint density at radius 1 is 1.31 bits per heavy atom. The predicted molar refractivity (Wildman–Crippen MR) is 131 cm³/mol. The van der Waals surface area contributed by atoms with Gasteiger partial charge < -0.3 is 16.4 Å². The van der Waals surface area contributed by atoms with Gasteiger partial charge in [-0.15, -0.1) is 0 Å². The molecule has 0 saturated carbocycles. The van der Waals surface area contributed by atoms with Crippen LogP contribution in [0, 0.1) is 5.92 Å². The van der Waals surface area contributed by atoms with E-state index >= 15 is 0 Å². The minimum atomic E-state index is -1.58. The van der Waals surface area contributed by atoms with E-state index in [0.29, 0.717) is 25.2 Å². The molecule has 0 spiro atoms. The van der Waals surface area contributed by atoms with Gasteiger partial charge in [-0.25, -0.2) is 4.39 Å². The zero-order chi connectivity index (χ0) is 24.7. The summed E-state index contributed by atoms with van der Waals surface area (Å²) in [6, 6.07) is 1.75. The highest BCUT2D eigenvalue weighted by Crippen LogP contribution is 2.27. The molecule has 0 bridgehead atoms. The van der Waals surface area contributed by atoms with E-state index in [1.807, 2.05) is 48.6 Å². The summed E-state index contributed by atoms with van der Waals surface area (Å²) in [4.78, 5) is 17.2. The second kappa shape index (κ2) is 11.4. The van der Waals surface area contributed by atoms with Crippen LogP contribution in [0.3, 0.4) is 0 Å². The smallest absolute Gasteiger partial charge is 0.223 e. The fourth-order valence-electron chi connectivity index (χ4n) is 3.22. The van der Waals surface area contributed by atoms with Crippen LogP contribution in [0.15, 0.2) is 29.0 Å². The molecule has 0 saturated heterocycles. The van der Waals surface area contributed by atoms with Crippen LogP contribution in [-0.2, 0) is 17.0 Å². The van der Waals surface area contributed by atoms with Crippen molar-refractivity contribution in [1.82, 2.24) is 20.4 Å². The molecule has 0 aliphatic rings. The average Bonchev–Trinajstić information content (AvgIpc) is 3.08. The van der Waals surface area contributed by atoms with Gasteiger partial charge in [-0.05, 0) is 85.3 Å².